The Bertz CT molecular complexity index is 276. The molecule has 2 aliphatic heterocycles. The molecule has 0 spiro atoms. The van der Waals surface area contributed by atoms with E-state index in [0.717, 1.165) is 32.8 Å². The number of unbranched alkanes of at least 4 members (excludes halogenated alkanes) is 3. The molecule has 2 aliphatic rings. The average molecular weight is 347 g/mol. The molecule has 146 valence electrons. The van der Waals surface area contributed by atoms with Crippen molar-refractivity contribution in [1.82, 2.24) is 10.6 Å². The second-order valence-electron chi connectivity index (χ2n) is 6.98. The second-order valence-corrected chi connectivity index (χ2v) is 6.98. The largest absolute Gasteiger partial charge is 0.393 e. The van der Waals surface area contributed by atoms with E-state index in [1.165, 1.54) is 32.1 Å². The molecule has 2 fully saturated rings. The van der Waals surface area contributed by atoms with Gasteiger partial charge in [0.1, 0.15) is 5.60 Å². The number of ether oxygens (including phenoxy) is 2. The van der Waals surface area contributed by atoms with Crippen LogP contribution in [0.2, 0.25) is 0 Å². The molecule has 0 radical (unpaired) electrons. The van der Waals surface area contributed by atoms with Gasteiger partial charge in [-0.05, 0) is 20.3 Å². The normalized spacial score (nSPS) is 29.8. The molecule has 0 saturated carbocycles. The summed E-state index contributed by atoms with van der Waals surface area (Å²) in [6.07, 6.45) is 6.65. The van der Waals surface area contributed by atoms with E-state index in [0.29, 0.717) is 6.61 Å². The molecule has 0 aromatic rings. The Morgan fingerprint density at radius 2 is 1.79 bits per heavy atom. The second kappa shape index (κ2) is 14.0. The Labute approximate surface area is 149 Å². The molecule has 0 amide bonds. The molecule has 3 N–H and O–H groups in total. The van der Waals surface area contributed by atoms with Crippen LogP contribution in [-0.2, 0) is 9.47 Å². The van der Waals surface area contributed by atoms with Gasteiger partial charge in [0.15, 0.2) is 0 Å². The van der Waals surface area contributed by atoms with Crippen molar-refractivity contribution in [1.29, 1.82) is 0 Å². The van der Waals surface area contributed by atoms with Gasteiger partial charge in [0.25, 0.3) is 0 Å². The van der Waals surface area contributed by atoms with Crippen LogP contribution in [0, 0.1) is 0 Å². The molecule has 0 aliphatic carbocycles. The topological polar surface area (TPSA) is 62.8 Å². The maximum Gasteiger partial charge on any atom is 0.101 e. The van der Waals surface area contributed by atoms with Gasteiger partial charge in [0, 0.05) is 25.2 Å². The fraction of sp³-hybridized carbons (Fsp3) is 1.00. The van der Waals surface area contributed by atoms with Crippen molar-refractivity contribution in [3.8, 4) is 0 Å². The highest BCUT2D eigenvalue weighted by molar-refractivity contribution is 4.85. The Morgan fingerprint density at radius 3 is 2.25 bits per heavy atom. The summed E-state index contributed by atoms with van der Waals surface area (Å²) in [4.78, 5) is 0. The van der Waals surface area contributed by atoms with Gasteiger partial charge in [0.05, 0.1) is 26.4 Å². The van der Waals surface area contributed by atoms with Crippen molar-refractivity contribution in [3.63, 3.8) is 0 Å². The minimum absolute atomic E-state index is 0.0972. The van der Waals surface area contributed by atoms with Crippen molar-refractivity contribution in [2.45, 2.75) is 77.9 Å². The minimum Gasteiger partial charge on any atom is -0.393 e. The molecule has 2 atom stereocenters. The Kier molecular flexibility index (Phi) is 13.9. The monoisotopic (exact) mass is 346 g/mol. The van der Waals surface area contributed by atoms with Gasteiger partial charge in [-0.25, -0.2) is 0 Å². The first-order valence-corrected chi connectivity index (χ1v) is 9.82. The average Bonchev–Trinajstić information content (AvgIpc) is 2.62. The number of morpholine rings is 2. The molecule has 0 aromatic heterocycles. The van der Waals surface area contributed by atoms with Gasteiger partial charge in [0.2, 0.25) is 0 Å². The summed E-state index contributed by atoms with van der Waals surface area (Å²) in [5.41, 5.74) is -0.0791. The third kappa shape index (κ3) is 10.6. The minimum atomic E-state index is -0.335. The predicted molar refractivity (Wildman–Crippen MR) is 102 cm³/mol. The van der Waals surface area contributed by atoms with E-state index >= 15 is 0 Å². The van der Waals surface area contributed by atoms with Crippen LogP contribution in [0.15, 0.2) is 0 Å². The van der Waals surface area contributed by atoms with Crippen LogP contribution in [0.4, 0.5) is 0 Å². The highest BCUT2D eigenvalue weighted by Crippen LogP contribution is 2.17. The zero-order chi connectivity index (χ0) is 18.3. The zero-order valence-corrected chi connectivity index (χ0v) is 16.7. The molecule has 24 heavy (non-hydrogen) atoms. The van der Waals surface area contributed by atoms with Gasteiger partial charge < -0.3 is 25.2 Å². The van der Waals surface area contributed by atoms with Gasteiger partial charge >= 0.3 is 0 Å². The molecule has 2 unspecified atom stereocenters. The quantitative estimate of drug-likeness (QED) is 0.646. The summed E-state index contributed by atoms with van der Waals surface area (Å²) < 4.78 is 10.8. The summed E-state index contributed by atoms with van der Waals surface area (Å²) >= 11 is 0. The van der Waals surface area contributed by atoms with Crippen molar-refractivity contribution >= 4 is 0 Å². The summed E-state index contributed by atoms with van der Waals surface area (Å²) in [6.45, 7) is 15.7. The van der Waals surface area contributed by atoms with Crippen molar-refractivity contribution in [2.75, 3.05) is 46.1 Å². The molecule has 5 nitrogen and oxygen atoms in total. The predicted octanol–water partition coefficient (Wildman–Crippen LogP) is 2.72. The summed E-state index contributed by atoms with van der Waals surface area (Å²) in [5, 5.41) is 15.5. The number of rotatable bonds is 6. The molecular formula is C19H42N2O3. The van der Waals surface area contributed by atoms with Crippen LogP contribution in [0.3, 0.4) is 0 Å². The van der Waals surface area contributed by atoms with E-state index < -0.39 is 0 Å². The maximum atomic E-state index is 8.79. The number of aliphatic hydroxyl groups is 1. The number of hydrogen-bond acceptors (Lipinski definition) is 5. The molecule has 0 bridgehead atoms. The molecular weight excluding hydrogens is 304 g/mol. The number of hydrogen-bond donors (Lipinski definition) is 3. The van der Waals surface area contributed by atoms with Crippen molar-refractivity contribution < 1.29 is 14.6 Å². The van der Waals surface area contributed by atoms with Crippen LogP contribution in [-0.4, -0.2) is 62.3 Å². The standard InChI is InChI=1S/C11H23NO.C6H13NO2.C2H6/c1-3-4-5-6-7-11(2)10-13-9-8-12-11;1-6(5-8)4-7-2-3-9-6;1-2/h12H,3-10H2,1-2H3;7-8H,2-5H2,1H3;1-2H3. The van der Waals surface area contributed by atoms with Gasteiger partial charge in [-0.2, -0.15) is 0 Å². The van der Waals surface area contributed by atoms with E-state index in [9.17, 15) is 0 Å². The van der Waals surface area contributed by atoms with E-state index in [4.69, 9.17) is 14.6 Å². The lowest BCUT2D eigenvalue weighted by Gasteiger charge is -2.34. The number of nitrogens with one attached hydrogen (secondary N) is 2. The molecule has 2 heterocycles. The molecule has 0 aromatic carbocycles. The van der Waals surface area contributed by atoms with E-state index in [2.05, 4.69) is 24.5 Å². The Balaban J connectivity index is 0.000000420. The summed E-state index contributed by atoms with van der Waals surface area (Å²) in [7, 11) is 0. The Morgan fingerprint density at radius 1 is 1.04 bits per heavy atom. The van der Waals surface area contributed by atoms with Crippen LogP contribution >= 0.6 is 0 Å². The highest BCUT2D eigenvalue weighted by Gasteiger charge is 2.26. The first-order chi connectivity index (χ1) is 11.5. The smallest absolute Gasteiger partial charge is 0.101 e. The van der Waals surface area contributed by atoms with Crippen LogP contribution in [0.5, 0.6) is 0 Å². The molecule has 2 rings (SSSR count). The lowest BCUT2D eigenvalue weighted by Crippen LogP contribution is -2.51. The maximum absolute atomic E-state index is 8.79. The zero-order valence-electron chi connectivity index (χ0n) is 16.7. The first kappa shape index (κ1) is 23.8. The third-order valence-electron chi connectivity index (χ3n) is 4.36. The molecule has 2 saturated heterocycles. The highest BCUT2D eigenvalue weighted by atomic mass is 16.5. The fourth-order valence-corrected chi connectivity index (χ4v) is 2.75. The third-order valence-corrected chi connectivity index (χ3v) is 4.36. The molecule has 5 heteroatoms. The van der Waals surface area contributed by atoms with E-state index in [1.54, 1.807) is 0 Å². The SMILES string of the molecule is CC.CC1(CO)CNCCO1.CCCCCCC1(C)COCCN1. The van der Waals surface area contributed by atoms with Crippen LogP contribution in [0.1, 0.15) is 66.7 Å². The van der Waals surface area contributed by atoms with E-state index in [-0.39, 0.29) is 17.7 Å². The lowest BCUT2D eigenvalue weighted by molar-refractivity contribution is -0.0831. The van der Waals surface area contributed by atoms with Gasteiger partial charge in [-0.1, -0.05) is 46.5 Å². The van der Waals surface area contributed by atoms with Crippen molar-refractivity contribution in [3.05, 3.63) is 0 Å². The number of aliphatic hydroxyl groups excluding tert-OH is 1. The summed E-state index contributed by atoms with van der Waals surface area (Å²) in [5.74, 6) is 0. The van der Waals surface area contributed by atoms with Crippen LogP contribution in [0.25, 0.3) is 0 Å². The van der Waals surface area contributed by atoms with E-state index in [1.807, 2.05) is 20.8 Å². The summed E-state index contributed by atoms with van der Waals surface area (Å²) in [6, 6.07) is 0. The van der Waals surface area contributed by atoms with Gasteiger partial charge in [-0.15, -0.1) is 0 Å². The van der Waals surface area contributed by atoms with Crippen molar-refractivity contribution in [2.24, 2.45) is 0 Å². The first-order valence-electron chi connectivity index (χ1n) is 9.82. The van der Waals surface area contributed by atoms with Crippen LogP contribution < -0.4 is 10.6 Å². The lowest BCUT2D eigenvalue weighted by atomic mass is 9.94. The fourth-order valence-electron chi connectivity index (χ4n) is 2.75. The Hall–Kier alpha value is -0.200. The van der Waals surface area contributed by atoms with Gasteiger partial charge in [-0.3, -0.25) is 0 Å².